The van der Waals surface area contributed by atoms with Gasteiger partial charge < -0.3 is 4.74 Å². The number of allylic oxidation sites excluding steroid dienone is 1. The average Bonchev–Trinajstić information content (AvgIpc) is 2.98. The molecule has 0 aromatic carbocycles. The number of esters is 1. The van der Waals surface area contributed by atoms with E-state index in [1.807, 2.05) is 0 Å². The monoisotopic (exact) mass is 392 g/mol. The number of rotatable bonds is 3. The molecule has 3 saturated carbocycles. The lowest BCUT2D eigenvalue weighted by Gasteiger charge is -2.58. The van der Waals surface area contributed by atoms with Crippen molar-refractivity contribution < 1.29 is 14.3 Å². The first-order valence-electron chi connectivity index (χ1n) is 10.7. The molecular weight excluding hydrogens is 360 g/mol. The molecule has 0 amide bonds. The molecule has 4 aliphatic carbocycles. The molecule has 4 heteroatoms. The molecule has 0 saturated heterocycles. The third-order valence-corrected chi connectivity index (χ3v) is 9.18. The van der Waals surface area contributed by atoms with Crippen LogP contribution in [0.2, 0.25) is 0 Å². The fourth-order valence-electron chi connectivity index (χ4n) is 7.58. The van der Waals surface area contributed by atoms with Crippen molar-refractivity contribution in [3.8, 4) is 0 Å². The van der Waals surface area contributed by atoms with Crippen LogP contribution in [-0.4, -0.2) is 23.7 Å². The zero-order chi connectivity index (χ0) is 19.4. The Morgan fingerprint density at radius 3 is 2.63 bits per heavy atom. The Labute approximate surface area is 168 Å². The summed E-state index contributed by atoms with van der Waals surface area (Å²) in [6, 6.07) is 0. The summed E-state index contributed by atoms with van der Waals surface area (Å²) >= 11 is 5.93. The van der Waals surface area contributed by atoms with Gasteiger partial charge in [0.2, 0.25) is 0 Å². The molecule has 0 aromatic rings. The van der Waals surface area contributed by atoms with Crippen molar-refractivity contribution in [3.63, 3.8) is 0 Å². The highest BCUT2D eigenvalue weighted by atomic mass is 35.5. The second kappa shape index (κ2) is 6.90. The molecule has 0 N–H and O–H groups in total. The molecule has 0 bridgehead atoms. The maximum atomic E-state index is 12.5. The molecule has 0 aliphatic heterocycles. The first-order valence-corrected chi connectivity index (χ1v) is 11.3. The summed E-state index contributed by atoms with van der Waals surface area (Å²) < 4.78 is 5.53. The van der Waals surface area contributed by atoms with Crippen LogP contribution in [0.3, 0.4) is 0 Å². The minimum Gasteiger partial charge on any atom is -0.462 e. The van der Waals surface area contributed by atoms with Gasteiger partial charge in [-0.1, -0.05) is 25.5 Å². The van der Waals surface area contributed by atoms with E-state index in [9.17, 15) is 9.59 Å². The summed E-state index contributed by atoms with van der Waals surface area (Å²) in [4.78, 5) is 23.8. The van der Waals surface area contributed by atoms with Gasteiger partial charge in [-0.3, -0.25) is 9.59 Å². The first kappa shape index (κ1) is 19.5. The number of halogens is 1. The van der Waals surface area contributed by atoms with Crippen molar-refractivity contribution in [1.82, 2.24) is 0 Å². The topological polar surface area (TPSA) is 43.4 Å². The van der Waals surface area contributed by atoms with Crippen LogP contribution in [0.25, 0.3) is 0 Å². The molecule has 7 atom stereocenters. The highest BCUT2D eigenvalue weighted by Crippen LogP contribution is 2.66. The Morgan fingerprint density at radius 1 is 1.15 bits per heavy atom. The number of alkyl halides is 1. The second-order valence-electron chi connectivity index (χ2n) is 10.0. The standard InChI is InChI=1S/C23H33ClO3/c1-14(25)27-16-8-10-22(2)15(12-16)4-5-17-18-6-7-20(21(26)13-24)23(18,3)11-9-19(17)22/h4,16-20H,5-13H2,1-3H3/t16-,17-,18-,19-,20+,22-,23-/m0/s1. The van der Waals surface area contributed by atoms with E-state index >= 15 is 0 Å². The van der Waals surface area contributed by atoms with Crippen molar-refractivity contribution in [2.75, 3.05) is 5.88 Å². The minimum absolute atomic E-state index is 0.0597. The van der Waals surface area contributed by atoms with Gasteiger partial charge in [0.05, 0.1) is 5.88 Å². The minimum atomic E-state index is -0.160. The molecule has 0 spiro atoms. The molecule has 150 valence electrons. The number of carbonyl (C=O) groups excluding carboxylic acids is 2. The van der Waals surface area contributed by atoms with Crippen LogP contribution in [0, 0.1) is 34.5 Å². The van der Waals surface area contributed by atoms with Crippen LogP contribution in [0.4, 0.5) is 0 Å². The van der Waals surface area contributed by atoms with E-state index in [0.717, 1.165) is 38.5 Å². The highest BCUT2D eigenvalue weighted by molar-refractivity contribution is 6.28. The lowest BCUT2D eigenvalue weighted by molar-refractivity contribution is -0.149. The molecule has 27 heavy (non-hydrogen) atoms. The van der Waals surface area contributed by atoms with E-state index in [4.69, 9.17) is 16.3 Å². The molecule has 0 heterocycles. The van der Waals surface area contributed by atoms with Gasteiger partial charge in [0.15, 0.2) is 5.78 Å². The van der Waals surface area contributed by atoms with Crippen LogP contribution in [0.5, 0.6) is 0 Å². The fraction of sp³-hybridized carbons (Fsp3) is 0.826. The molecule has 4 aliphatic rings. The Balaban J connectivity index is 1.57. The summed E-state index contributed by atoms with van der Waals surface area (Å²) in [5, 5.41) is 0. The molecule has 0 aromatic heterocycles. The molecule has 3 fully saturated rings. The predicted octanol–water partition coefficient (Wildman–Crippen LogP) is 5.31. The van der Waals surface area contributed by atoms with E-state index in [1.165, 1.54) is 25.3 Å². The summed E-state index contributed by atoms with van der Waals surface area (Å²) in [6.07, 6.45) is 11.2. The lowest BCUT2D eigenvalue weighted by Crippen LogP contribution is -2.51. The third kappa shape index (κ3) is 2.99. The summed E-state index contributed by atoms with van der Waals surface area (Å²) in [7, 11) is 0. The zero-order valence-electron chi connectivity index (χ0n) is 16.9. The fourth-order valence-corrected chi connectivity index (χ4v) is 7.77. The van der Waals surface area contributed by atoms with Gasteiger partial charge in [-0.25, -0.2) is 0 Å². The summed E-state index contributed by atoms with van der Waals surface area (Å²) in [6.45, 7) is 6.34. The van der Waals surface area contributed by atoms with E-state index in [1.54, 1.807) is 0 Å². The first-order chi connectivity index (χ1) is 12.8. The number of carbonyl (C=O) groups is 2. The normalized spacial score (nSPS) is 45.9. The van der Waals surface area contributed by atoms with Gasteiger partial charge in [0.1, 0.15) is 6.10 Å². The lowest BCUT2D eigenvalue weighted by atomic mass is 9.47. The number of ketones is 1. The van der Waals surface area contributed by atoms with Crippen LogP contribution in [0.1, 0.15) is 72.1 Å². The number of hydrogen-bond acceptors (Lipinski definition) is 3. The highest BCUT2D eigenvalue weighted by Gasteiger charge is 2.59. The van der Waals surface area contributed by atoms with Crippen LogP contribution < -0.4 is 0 Å². The third-order valence-electron chi connectivity index (χ3n) is 8.91. The van der Waals surface area contributed by atoms with Crippen molar-refractivity contribution in [1.29, 1.82) is 0 Å². The number of fused-ring (bicyclic) bond motifs is 5. The van der Waals surface area contributed by atoms with Crippen molar-refractivity contribution in [2.45, 2.75) is 78.2 Å². The SMILES string of the molecule is CC(=O)O[C@H]1CC[C@@]2(C)C(=CC[C@H]3[C@@H]4CC[C@H](C(=O)CCl)[C@@]4(C)CC[C@@H]32)C1. The maximum absolute atomic E-state index is 12.5. The molecule has 0 unspecified atom stereocenters. The molecular formula is C23H33ClO3. The Kier molecular flexibility index (Phi) is 4.98. The van der Waals surface area contributed by atoms with Crippen LogP contribution in [-0.2, 0) is 14.3 Å². The van der Waals surface area contributed by atoms with Crippen LogP contribution >= 0.6 is 11.6 Å². The summed E-state index contributed by atoms with van der Waals surface area (Å²) in [5.74, 6) is 2.48. The number of ether oxygens (including phenoxy) is 1. The number of Topliss-reactive ketones (excluding diaryl/α,β-unsaturated/α-hetero) is 1. The predicted molar refractivity (Wildman–Crippen MR) is 106 cm³/mol. The Bertz CT molecular complexity index is 671. The number of hydrogen-bond donors (Lipinski definition) is 0. The maximum Gasteiger partial charge on any atom is 0.302 e. The van der Waals surface area contributed by atoms with Gasteiger partial charge in [-0.2, -0.15) is 0 Å². The van der Waals surface area contributed by atoms with Crippen LogP contribution in [0.15, 0.2) is 11.6 Å². The zero-order valence-corrected chi connectivity index (χ0v) is 17.7. The van der Waals surface area contributed by atoms with Crippen molar-refractivity contribution in [3.05, 3.63) is 11.6 Å². The van der Waals surface area contributed by atoms with Gasteiger partial charge in [-0.05, 0) is 73.5 Å². The smallest absolute Gasteiger partial charge is 0.302 e. The van der Waals surface area contributed by atoms with Gasteiger partial charge in [0, 0.05) is 19.3 Å². The van der Waals surface area contributed by atoms with E-state index in [2.05, 4.69) is 19.9 Å². The van der Waals surface area contributed by atoms with Gasteiger partial charge in [0.25, 0.3) is 0 Å². The van der Waals surface area contributed by atoms with Crippen molar-refractivity contribution >= 4 is 23.4 Å². The molecule has 3 nitrogen and oxygen atoms in total. The average molecular weight is 393 g/mol. The largest absolute Gasteiger partial charge is 0.462 e. The van der Waals surface area contributed by atoms with E-state index in [-0.39, 0.29) is 40.5 Å². The quantitative estimate of drug-likeness (QED) is 0.371. The Hall–Kier alpha value is -0.830. The van der Waals surface area contributed by atoms with E-state index < -0.39 is 0 Å². The van der Waals surface area contributed by atoms with Crippen molar-refractivity contribution in [2.24, 2.45) is 34.5 Å². The van der Waals surface area contributed by atoms with Gasteiger partial charge in [-0.15, -0.1) is 11.6 Å². The molecule has 0 radical (unpaired) electrons. The summed E-state index contributed by atoms with van der Waals surface area (Å²) in [5.41, 5.74) is 1.91. The second-order valence-corrected chi connectivity index (χ2v) is 10.3. The molecule has 4 rings (SSSR count). The Morgan fingerprint density at radius 2 is 1.93 bits per heavy atom. The van der Waals surface area contributed by atoms with Gasteiger partial charge >= 0.3 is 5.97 Å². The van der Waals surface area contributed by atoms with E-state index in [0.29, 0.717) is 17.8 Å².